The smallest absolute Gasteiger partial charge is 0.415 e. The van der Waals surface area contributed by atoms with Gasteiger partial charge < -0.3 is 15.2 Å². The van der Waals surface area contributed by atoms with E-state index >= 15 is 0 Å². The molecule has 1 amide bonds. The summed E-state index contributed by atoms with van der Waals surface area (Å²) in [7, 11) is 0. The van der Waals surface area contributed by atoms with Gasteiger partial charge in [0.25, 0.3) is 0 Å². The molecule has 1 aromatic carbocycles. The van der Waals surface area contributed by atoms with Crippen LogP contribution in [0.3, 0.4) is 0 Å². The topological polar surface area (TPSA) is 64.8 Å². The first-order chi connectivity index (χ1) is 8.70. The third-order valence-electron chi connectivity index (χ3n) is 3.29. The lowest BCUT2D eigenvalue weighted by atomic mass is 10.1. The molecule has 2 heterocycles. The fourth-order valence-corrected chi connectivity index (χ4v) is 2.80. The lowest BCUT2D eigenvalue weighted by Crippen LogP contribution is -2.39. The number of carbonyl (C=O) groups is 1. The fourth-order valence-electron chi connectivity index (χ4n) is 2.46. The summed E-state index contributed by atoms with van der Waals surface area (Å²) in [6, 6.07) is 5.57. The molecule has 1 aromatic rings. The molecule has 96 valence electrons. The lowest BCUT2D eigenvalue weighted by Gasteiger charge is -2.21. The first-order valence-electron chi connectivity index (χ1n) is 5.83. The average molecular weight is 313 g/mol. The number of cyclic esters (lactones) is 1. The van der Waals surface area contributed by atoms with Crippen LogP contribution in [0.25, 0.3) is 0 Å². The number of halogens is 1. The zero-order valence-corrected chi connectivity index (χ0v) is 11.2. The Labute approximate surface area is 113 Å². The van der Waals surface area contributed by atoms with E-state index in [9.17, 15) is 4.79 Å². The molecule has 0 saturated carbocycles. The van der Waals surface area contributed by atoms with Gasteiger partial charge in [0.2, 0.25) is 0 Å². The van der Waals surface area contributed by atoms with Crippen molar-refractivity contribution in [2.75, 3.05) is 18.1 Å². The Morgan fingerprint density at radius 1 is 1.50 bits per heavy atom. The third kappa shape index (κ3) is 1.76. The van der Waals surface area contributed by atoms with Crippen molar-refractivity contribution in [2.24, 2.45) is 5.73 Å². The summed E-state index contributed by atoms with van der Waals surface area (Å²) in [4.78, 5) is 13.6. The highest BCUT2D eigenvalue weighted by atomic mass is 79.9. The van der Waals surface area contributed by atoms with Gasteiger partial charge in [-0.05, 0) is 18.2 Å². The summed E-state index contributed by atoms with van der Waals surface area (Å²) in [5.41, 5.74) is 6.40. The SMILES string of the molecule is NC[C@@H]1OC(=O)N2c3ccc(Br)cc3OCC[C@@H]12. The minimum Gasteiger partial charge on any atom is -0.491 e. The molecule has 0 unspecified atom stereocenters. The van der Waals surface area contributed by atoms with Crippen molar-refractivity contribution in [1.29, 1.82) is 0 Å². The van der Waals surface area contributed by atoms with Crippen LogP contribution in [0, 0.1) is 0 Å². The van der Waals surface area contributed by atoms with Crippen LogP contribution in [0.5, 0.6) is 5.75 Å². The van der Waals surface area contributed by atoms with E-state index < -0.39 is 0 Å². The van der Waals surface area contributed by atoms with Crippen LogP contribution in [0.1, 0.15) is 6.42 Å². The molecule has 6 heteroatoms. The maximum absolute atomic E-state index is 12.0. The molecule has 2 aliphatic heterocycles. The largest absolute Gasteiger partial charge is 0.491 e. The number of hydrogen-bond acceptors (Lipinski definition) is 4. The zero-order valence-electron chi connectivity index (χ0n) is 9.64. The van der Waals surface area contributed by atoms with Crippen molar-refractivity contribution in [3.8, 4) is 5.75 Å². The van der Waals surface area contributed by atoms with Crippen LogP contribution in [-0.2, 0) is 4.74 Å². The van der Waals surface area contributed by atoms with Crippen molar-refractivity contribution in [2.45, 2.75) is 18.6 Å². The monoisotopic (exact) mass is 312 g/mol. The number of benzene rings is 1. The lowest BCUT2D eigenvalue weighted by molar-refractivity contribution is 0.131. The van der Waals surface area contributed by atoms with E-state index in [1.165, 1.54) is 0 Å². The van der Waals surface area contributed by atoms with E-state index in [-0.39, 0.29) is 18.2 Å². The Morgan fingerprint density at radius 3 is 3.11 bits per heavy atom. The molecule has 18 heavy (non-hydrogen) atoms. The van der Waals surface area contributed by atoms with Crippen LogP contribution < -0.4 is 15.4 Å². The maximum Gasteiger partial charge on any atom is 0.415 e. The summed E-state index contributed by atoms with van der Waals surface area (Å²) >= 11 is 3.39. The number of nitrogens with two attached hydrogens (primary N) is 1. The Bertz CT molecular complexity index is 494. The van der Waals surface area contributed by atoms with Gasteiger partial charge in [0.15, 0.2) is 0 Å². The Hall–Kier alpha value is -1.27. The second-order valence-corrected chi connectivity index (χ2v) is 5.26. The van der Waals surface area contributed by atoms with Crippen molar-refractivity contribution in [1.82, 2.24) is 0 Å². The van der Waals surface area contributed by atoms with Gasteiger partial charge in [-0.2, -0.15) is 0 Å². The van der Waals surface area contributed by atoms with Crippen LogP contribution in [0.15, 0.2) is 22.7 Å². The van der Waals surface area contributed by atoms with Crippen LogP contribution in [0.4, 0.5) is 10.5 Å². The molecule has 0 radical (unpaired) electrons. The number of carbonyl (C=O) groups excluding carboxylic acids is 1. The van der Waals surface area contributed by atoms with Gasteiger partial charge in [0.1, 0.15) is 11.9 Å². The minimum atomic E-state index is -0.343. The molecule has 1 fully saturated rings. The Kier molecular flexibility index (Phi) is 2.91. The molecule has 1 saturated heterocycles. The summed E-state index contributed by atoms with van der Waals surface area (Å²) in [5, 5.41) is 0. The van der Waals surface area contributed by atoms with Gasteiger partial charge >= 0.3 is 6.09 Å². The van der Waals surface area contributed by atoms with Gasteiger partial charge in [-0.25, -0.2) is 4.79 Å². The van der Waals surface area contributed by atoms with Gasteiger partial charge in [0.05, 0.1) is 18.3 Å². The summed E-state index contributed by atoms with van der Waals surface area (Å²) in [5.74, 6) is 0.696. The Morgan fingerprint density at radius 2 is 2.33 bits per heavy atom. The van der Waals surface area contributed by atoms with Crippen LogP contribution in [-0.4, -0.2) is 31.4 Å². The number of rotatable bonds is 1. The molecule has 2 N–H and O–H groups in total. The van der Waals surface area contributed by atoms with Crippen molar-refractivity contribution in [3.63, 3.8) is 0 Å². The van der Waals surface area contributed by atoms with E-state index in [0.29, 0.717) is 18.9 Å². The maximum atomic E-state index is 12.0. The van der Waals surface area contributed by atoms with E-state index in [4.69, 9.17) is 15.2 Å². The van der Waals surface area contributed by atoms with Gasteiger partial charge in [-0.3, -0.25) is 4.90 Å². The van der Waals surface area contributed by atoms with E-state index in [0.717, 1.165) is 16.6 Å². The zero-order chi connectivity index (χ0) is 12.7. The second kappa shape index (κ2) is 4.44. The number of nitrogens with zero attached hydrogens (tertiary/aromatic N) is 1. The molecule has 0 spiro atoms. The summed E-state index contributed by atoms with van der Waals surface area (Å²) in [6.45, 7) is 0.885. The van der Waals surface area contributed by atoms with Gasteiger partial charge in [-0.15, -0.1) is 0 Å². The van der Waals surface area contributed by atoms with E-state index in [1.54, 1.807) is 4.90 Å². The molecule has 3 rings (SSSR count). The quantitative estimate of drug-likeness (QED) is 0.860. The number of ether oxygens (including phenoxy) is 2. The van der Waals surface area contributed by atoms with Gasteiger partial charge in [0, 0.05) is 17.4 Å². The first kappa shape index (κ1) is 11.8. The van der Waals surface area contributed by atoms with Crippen LogP contribution >= 0.6 is 15.9 Å². The van der Waals surface area contributed by atoms with Crippen molar-refractivity contribution in [3.05, 3.63) is 22.7 Å². The molecular weight excluding hydrogens is 300 g/mol. The van der Waals surface area contributed by atoms with Crippen LogP contribution in [0.2, 0.25) is 0 Å². The van der Waals surface area contributed by atoms with Gasteiger partial charge in [-0.1, -0.05) is 15.9 Å². The highest BCUT2D eigenvalue weighted by Crippen LogP contribution is 2.39. The number of fused-ring (bicyclic) bond motifs is 3. The fraction of sp³-hybridized carbons (Fsp3) is 0.417. The average Bonchev–Trinajstić information content (AvgIpc) is 2.56. The minimum absolute atomic E-state index is 0.0371. The number of hydrogen-bond donors (Lipinski definition) is 1. The highest BCUT2D eigenvalue weighted by molar-refractivity contribution is 9.10. The normalized spacial score (nSPS) is 25.9. The predicted octanol–water partition coefficient (Wildman–Crippen LogP) is 1.88. The summed E-state index contributed by atoms with van der Waals surface area (Å²) in [6.07, 6.45) is 0.125. The van der Waals surface area contributed by atoms with Crippen molar-refractivity contribution >= 4 is 27.7 Å². The summed E-state index contributed by atoms with van der Waals surface area (Å²) < 4.78 is 11.9. The van der Waals surface area contributed by atoms with Crippen molar-refractivity contribution < 1.29 is 14.3 Å². The predicted molar refractivity (Wildman–Crippen MR) is 69.8 cm³/mol. The molecule has 2 atom stereocenters. The molecular formula is C12H13BrN2O3. The number of amides is 1. The first-order valence-corrected chi connectivity index (χ1v) is 6.62. The van der Waals surface area contributed by atoms with E-state index in [1.807, 2.05) is 18.2 Å². The Balaban J connectivity index is 2.06. The molecule has 0 aliphatic carbocycles. The van der Waals surface area contributed by atoms with E-state index in [2.05, 4.69) is 15.9 Å². The second-order valence-electron chi connectivity index (χ2n) is 4.34. The number of anilines is 1. The molecule has 5 nitrogen and oxygen atoms in total. The molecule has 0 bridgehead atoms. The standard InChI is InChI=1S/C12H13BrN2O3/c13-7-1-2-8-10(5-7)17-4-3-9-11(6-14)18-12(16)15(8)9/h1-2,5,9,11H,3-4,6,14H2/t9-,11-/m0/s1. The third-order valence-corrected chi connectivity index (χ3v) is 3.79. The molecule has 0 aromatic heterocycles. The molecule has 2 aliphatic rings. The highest BCUT2D eigenvalue weighted by Gasteiger charge is 2.44.